The van der Waals surface area contributed by atoms with Crippen molar-refractivity contribution in [2.45, 2.75) is 12.8 Å². The Morgan fingerprint density at radius 1 is 1.67 bits per heavy atom. The molecule has 0 bridgehead atoms. The number of aliphatic carboxylic acids is 1. The number of halogens is 4. The molecule has 0 saturated heterocycles. The van der Waals surface area contributed by atoms with E-state index in [9.17, 15) is 13.6 Å². The number of hydrogen-bond acceptors (Lipinski definition) is 2. The number of pyridine rings is 1. The molecule has 0 unspecified atom stereocenters. The van der Waals surface area contributed by atoms with Gasteiger partial charge in [-0.3, -0.25) is 4.79 Å². The molecule has 0 aliphatic carbocycles. The Kier molecular flexibility index (Phi) is 4.38. The molecule has 0 saturated carbocycles. The highest BCUT2D eigenvalue weighted by molar-refractivity contribution is 14.1. The molecule has 0 spiro atoms. The van der Waals surface area contributed by atoms with E-state index in [2.05, 4.69) is 20.9 Å². The first-order valence-electron chi connectivity index (χ1n) is 3.76. The van der Waals surface area contributed by atoms with Gasteiger partial charge >= 0.3 is 5.97 Å². The fourth-order valence-corrected chi connectivity index (χ4v) is 2.13. The van der Waals surface area contributed by atoms with E-state index in [-0.39, 0.29) is 20.3 Å². The standard InChI is InChI=1S/C8H5BrF2INO2/c9-7-3(2-5(14)15)1-4(12)6(13-7)8(10)11/h1,8H,2H2,(H,14,15). The Bertz CT molecular complexity index is 400. The van der Waals surface area contributed by atoms with Crippen LogP contribution in [0, 0.1) is 3.57 Å². The predicted octanol–water partition coefficient (Wildman–Crippen LogP) is 3.01. The van der Waals surface area contributed by atoms with Crippen molar-refractivity contribution in [2.75, 3.05) is 0 Å². The molecule has 0 fully saturated rings. The summed E-state index contributed by atoms with van der Waals surface area (Å²) < 4.78 is 25.2. The SMILES string of the molecule is O=C(O)Cc1cc(I)c(C(F)F)nc1Br. The number of nitrogens with zero attached hydrogens (tertiary/aromatic N) is 1. The van der Waals surface area contributed by atoms with Crippen LogP contribution in [0.25, 0.3) is 0 Å². The summed E-state index contributed by atoms with van der Waals surface area (Å²) in [4.78, 5) is 14.1. The molecule has 7 heteroatoms. The van der Waals surface area contributed by atoms with Gasteiger partial charge in [0.05, 0.1) is 6.42 Å². The number of rotatable bonds is 3. The van der Waals surface area contributed by atoms with E-state index in [1.165, 1.54) is 6.07 Å². The molecule has 82 valence electrons. The summed E-state index contributed by atoms with van der Waals surface area (Å²) in [6.45, 7) is 0. The van der Waals surface area contributed by atoms with Gasteiger partial charge < -0.3 is 5.11 Å². The van der Waals surface area contributed by atoms with E-state index in [1.807, 2.05) is 0 Å². The maximum Gasteiger partial charge on any atom is 0.307 e. The van der Waals surface area contributed by atoms with Gasteiger partial charge in [0.1, 0.15) is 10.3 Å². The lowest BCUT2D eigenvalue weighted by Gasteiger charge is -2.06. The summed E-state index contributed by atoms with van der Waals surface area (Å²) in [6.07, 6.45) is -2.90. The Morgan fingerprint density at radius 3 is 2.73 bits per heavy atom. The zero-order chi connectivity index (χ0) is 11.6. The third kappa shape index (κ3) is 3.33. The van der Waals surface area contributed by atoms with Crippen molar-refractivity contribution in [3.63, 3.8) is 0 Å². The maximum absolute atomic E-state index is 12.4. The van der Waals surface area contributed by atoms with Crippen molar-refractivity contribution >= 4 is 44.5 Å². The molecule has 0 aliphatic rings. The van der Waals surface area contributed by atoms with E-state index in [0.717, 1.165) is 0 Å². The Morgan fingerprint density at radius 2 is 2.27 bits per heavy atom. The van der Waals surface area contributed by atoms with Crippen LogP contribution in [-0.2, 0) is 11.2 Å². The molecule has 0 aromatic carbocycles. The second-order valence-corrected chi connectivity index (χ2v) is 4.59. The lowest BCUT2D eigenvalue weighted by molar-refractivity contribution is -0.136. The minimum atomic E-state index is -2.66. The summed E-state index contributed by atoms with van der Waals surface area (Å²) in [6, 6.07) is 1.40. The number of carboxylic acids is 1. The first-order valence-corrected chi connectivity index (χ1v) is 5.63. The Labute approximate surface area is 106 Å². The van der Waals surface area contributed by atoms with Crippen LogP contribution in [0.4, 0.5) is 8.78 Å². The lowest BCUT2D eigenvalue weighted by Crippen LogP contribution is -2.05. The van der Waals surface area contributed by atoms with Crippen molar-refractivity contribution in [1.29, 1.82) is 0 Å². The van der Waals surface area contributed by atoms with Crippen LogP contribution in [0.2, 0.25) is 0 Å². The van der Waals surface area contributed by atoms with Gasteiger partial charge in [0, 0.05) is 3.57 Å². The fourth-order valence-electron chi connectivity index (χ4n) is 0.957. The molecular weight excluding hydrogens is 387 g/mol. The van der Waals surface area contributed by atoms with Gasteiger partial charge in [-0.1, -0.05) is 0 Å². The lowest BCUT2D eigenvalue weighted by atomic mass is 10.2. The minimum absolute atomic E-state index is 0.153. The van der Waals surface area contributed by atoms with Gasteiger partial charge in [-0.05, 0) is 50.2 Å². The van der Waals surface area contributed by atoms with Crippen molar-refractivity contribution in [2.24, 2.45) is 0 Å². The Hall–Kier alpha value is -0.310. The molecule has 0 amide bonds. The first-order chi connectivity index (χ1) is 6.91. The molecule has 0 atom stereocenters. The van der Waals surface area contributed by atoms with Crippen molar-refractivity contribution < 1.29 is 18.7 Å². The summed E-state index contributed by atoms with van der Waals surface area (Å²) in [5.74, 6) is -1.03. The normalized spacial score (nSPS) is 10.7. The van der Waals surface area contributed by atoms with Crippen LogP contribution in [0.1, 0.15) is 17.7 Å². The van der Waals surface area contributed by atoms with Gasteiger partial charge in [0.25, 0.3) is 6.43 Å². The fraction of sp³-hybridized carbons (Fsp3) is 0.250. The second-order valence-electron chi connectivity index (χ2n) is 2.68. The zero-order valence-electron chi connectivity index (χ0n) is 7.18. The average Bonchev–Trinajstić information content (AvgIpc) is 2.09. The van der Waals surface area contributed by atoms with Gasteiger partial charge in [0.2, 0.25) is 0 Å². The van der Waals surface area contributed by atoms with Crippen LogP contribution in [0.15, 0.2) is 10.7 Å². The summed E-state index contributed by atoms with van der Waals surface area (Å²) in [7, 11) is 0. The topological polar surface area (TPSA) is 50.2 Å². The third-order valence-electron chi connectivity index (χ3n) is 1.58. The quantitative estimate of drug-likeness (QED) is 0.636. The van der Waals surface area contributed by atoms with Crippen LogP contribution in [0.5, 0.6) is 0 Å². The van der Waals surface area contributed by atoms with E-state index >= 15 is 0 Å². The molecule has 1 aromatic heterocycles. The Balaban J connectivity index is 3.13. The van der Waals surface area contributed by atoms with E-state index in [4.69, 9.17) is 5.11 Å². The summed E-state index contributed by atoms with van der Waals surface area (Å²) in [5.41, 5.74) is 0.0490. The van der Waals surface area contributed by atoms with E-state index in [0.29, 0.717) is 5.56 Å². The molecule has 1 aromatic rings. The molecule has 1 N–H and O–H groups in total. The molecular formula is C8H5BrF2INO2. The highest BCUT2D eigenvalue weighted by Gasteiger charge is 2.17. The zero-order valence-corrected chi connectivity index (χ0v) is 10.9. The maximum atomic E-state index is 12.4. The molecule has 0 radical (unpaired) electrons. The first kappa shape index (κ1) is 12.8. The number of alkyl halides is 2. The van der Waals surface area contributed by atoms with Gasteiger partial charge in [-0.25, -0.2) is 13.8 Å². The van der Waals surface area contributed by atoms with Crippen molar-refractivity contribution in [3.8, 4) is 0 Å². The van der Waals surface area contributed by atoms with Crippen LogP contribution in [0.3, 0.4) is 0 Å². The van der Waals surface area contributed by atoms with Crippen molar-refractivity contribution in [1.82, 2.24) is 4.98 Å². The summed E-state index contributed by atoms with van der Waals surface area (Å²) in [5, 5.41) is 8.56. The molecule has 0 aliphatic heterocycles. The monoisotopic (exact) mass is 391 g/mol. The van der Waals surface area contributed by atoms with Crippen LogP contribution >= 0.6 is 38.5 Å². The minimum Gasteiger partial charge on any atom is -0.481 e. The van der Waals surface area contributed by atoms with Gasteiger partial charge in [-0.2, -0.15) is 0 Å². The van der Waals surface area contributed by atoms with Crippen LogP contribution in [-0.4, -0.2) is 16.1 Å². The second kappa shape index (κ2) is 5.15. The number of carboxylic acid groups (broad SMARTS) is 1. The number of hydrogen-bond donors (Lipinski definition) is 1. The summed E-state index contributed by atoms with van der Waals surface area (Å²) >= 11 is 4.68. The molecule has 3 nitrogen and oxygen atoms in total. The predicted molar refractivity (Wildman–Crippen MR) is 61.0 cm³/mol. The molecule has 15 heavy (non-hydrogen) atoms. The molecule has 1 heterocycles. The largest absolute Gasteiger partial charge is 0.481 e. The third-order valence-corrected chi connectivity index (χ3v) is 3.13. The number of carbonyl (C=O) groups is 1. The smallest absolute Gasteiger partial charge is 0.307 e. The average molecular weight is 392 g/mol. The highest BCUT2D eigenvalue weighted by atomic mass is 127. The number of aromatic nitrogens is 1. The van der Waals surface area contributed by atoms with Gasteiger partial charge in [0.15, 0.2) is 0 Å². The highest BCUT2D eigenvalue weighted by Crippen LogP contribution is 2.27. The molecule has 1 rings (SSSR count). The van der Waals surface area contributed by atoms with E-state index in [1.54, 1.807) is 22.6 Å². The van der Waals surface area contributed by atoms with Gasteiger partial charge in [-0.15, -0.1) is 0 Å². The van der Waals surface area contributed by atoms with E-state index < -0.39 is 12.4 Å². The van der Waals surface area contributed by atoms with Crippen molar-refractivity contribution in [3.05, 3.63) is 25.5 Å². The van der Waals surface area contributed by atoms with Crippen LogP contribution < -0.4 is 0 Å².